The Morgan fingerprint density at radius 3 is 2.65 bits per heavy atom. The number of nitrogens with two attached hydrogens (primary N) is 1. The summed E-state index contributed by atoms with van der Waals surface area (Å²) in [5.74, 6) is 0.662. The lowest BCUT2D eigenvalue weighted by Gasteiger charge is -2.23. The molecule has 1 aromatic carbocycles. The third-order valence-electron chi connectivity index (χ3n) is 4.02. The molecular formula is C14H22N2O3S. The van der Waals surface area contributed by atoms with Gasteiger partial charge in [0.05, 0.1) is 12.0 Å². The fourth-order valence-electron chi connectivity index (χ4n) is 2.53. The van der Waals surface area contributed by atoms with Crippen molar-refractivity contribution in [2.24, 2.45) is 11.1 Å². The van der Waals surface area contributed by atoms with Crippen LogP contribution in [-0.4, -0.2) is 39.5 Å². The van der Waals surface area contributed by atoms with E-state index in [1.54, 1.807) is 32.2 Å². The van der Waals surface area contributed by atoms with Gasteiger partial charge in [0.2, 0.25) is 10.0 Å². The van der Waals surface area contributed by atoms with Gasteiger partial charge in [-0.05, 0) is 49.1 Å². The molecule has 0 amide bonds. The Morgan fingerprint density at radius 2 is 2.15 bits per heavy atom. The van der Waals surface area contributed by atoms with E-state index in [4.69, 9.17) is 10.5 Å². The van der Waals surface area contributed by atoms with Crippen LogP contribution in [0.3, 0.4) is 0 Å². The molecule has 6 heteroatoms. The van der Waals surface area contributed by atoms with Gasteiger partial charge in [0.25, 0.3) is 0 Å². The van der Waals surface area contributed by atoms with Crippen molar-refractivity contribution >= 4 is 10.0 Å². The molecule has 1 saturated heterocycles. The number of rotatable bonds is 4. The summed E-state index contributed by atoms with van der Waals surface area (Å²) in [5.41, 5.74) is 6.32. The van der Waals surface area contributed by atoms with Gasteiger partial charge in [-0.3, -0.25) is 0 Å². The minimum absolute atomic E-state index is 0.118. The normalized spacial score (nSPS) is 24.0. The van der Waals surface area contributed by atoms with Crippen LogP contribution < -0.4 is 10.5 Å². The van der Waals surface area contributed by atoms with Gasteiger partial charge in [0.15, 0.2) is 0 Å². The number of sulfonamides is 1. The molecular weight excluding hydrogens is 276 g/mol. The number of ether oxygens (including phenoxy) is 1. The van der Waals surface area contributed by atoms with Crippen LogP contribution in [0.5, 0.6) is 5.75 Å². The molecule has 1 aliphatic rings. The molecule has 1 heterocycles. The first-order chi connectivity index (χ1) is 9.32. The van der Waals surface area contributed by atoms with Crippen LogP contribution >= 0.6 is 0 Å². The highest BCUT2D eigenvalue weighted by Gasteiger charge is 2.39. The minimum atomic E-state index is -3.45. The third-order valence-corrected chi connectivity index (χ3v) is 6.02. The maximum absolute atomic E-state index is 12.7. The van der Waals surface area contributed by atoms with E-state index in [1.807, 2.05) is 6.92 Å². The van der Waals surface area contributed by atoms with E-state index in [2.05, 4.69) is 0 Å². The van der Waals surface area contributed by atoms with Crippen molar-refractivity contribution in [3.05, 3.63) is 23.8 Å². The molecule has 20 heavy (non-hydrogen) atoms. The minimum Gasteiger partial charge on any atom is -0.497 e. The second kappa shape index (κ2) is 5.35. The van der Waals surface area contributed by atoms with Crippen LogP contribution in [0.1, 0.15) is 18.9 Å². The first-order valence-electron chi connectivity index (χ1n) is 6.67. The highest BCUT2D eigenvalue weighted by molar-refractivity contribution is 7.89. The molecule has 0 aliphatic carbocycles. The Bertz CT molecular complexity index is 600. The maximum atomic E-state index is 12.7. The number of benzene rings is 1. The van der Waals surface area contributed by atoms with E-state index >= 15 is 0 Å². The smallest absolute Gasteiger partial charge is 0.243 e. The van der Waals surface area contributed by atoms with Gasteiger partial charge in [-0.15, -0.1) is 0 Å². The first kappa shape index (κ1) is 15.3. The second-order valence-electron chi connectivity index (χ2n) is 5.73. The molecule has 2 rings (SSSR count). The summed E-state index contributed by atoms with van der Waals surface area (Å²) in [7, 11) is -1.89. The quantitative estimate of drug-likeness (QED) is 0.911. The number of nitrogens with zero attached hydrogens (tertiary/aromatic N) is 1. The van der Waals surface area contributed by atoms with Crippen LogP contribution in [0, 0.1) is 12.3 Å². The summed E-state index contributed by atoms with van der Waals surface area (Å²) < 4.78 is 32.1. The lowest BCUT2D eigenvalue weighted by atomic mass is 9.90. The number of hydrogen-bond acceptors (Lipinski definition) is 4. The van der Waals surface area contributed by atoms with Crippen LogP contribution in [0.4, 0.5) is 0 Å². The summed E-state index contributed by atoms with van der Waals surface area (Å²) in [6.45, 7) is 5.33. The van der Waals surface area contributed by atoms with Gasteiger partial charge in [-0.25, -0.2) is 8.42 Å². The van der Waals surface area contributed by atoms with Crippen molar-refractivity contribution in [1.82, 2.24) is 4.31 Å². The van der Waals surface area contributed by atoms with Gasteiger partial charge < -0.3 is 10.5 Å². The van der Waals surface area contributed by atoms with Crippen molar-refractivity contribution in [3.8, 4) is 5.75 Å². The zero-order chi connectivity index (χ0) is 15.0. The first-order valence-corrected chi connectivity index (χ1v) is 8.11. The van der Waals surface area contributed by atoms with E-state index in [0.29, 0.717) is 35.8 Å². The fourth-order valence-corrected chi connectivity index (χ4v) is 4.32. The van der Waals surface area contributed by atoms with Gasteiger partial charge in [0, 0.05) is 13.1 Å². The van der Waals surface area contributed by atoms with Crippen LogP contribution in [0.25, 0.3) is 0 Å². The Morgan fingerprint density at radius 1 is 1.45 bits per heavy atom. The molecule has 0 aromatic heterocycles. The van der Waals surface area contributed by atoms with E-state index in [-0.39, 0.29) is 5.41 Å². The van der Waals surface area contributed by atoms with Crippen LogP contribution in [-0.2, 0) is 10.0 Å². The van der Waals surface area contributed by atoms with Crippen molar-refractivity contribution in [3.63, 3.8) is 0 Å². The molecule has 0 radical (unpaired) electrons. The average Bonchev–Trinajstić information content (AvgIpc) is 2.82. The zero-order valence-corrected chi connectivity index (χ0v) is 13.0. The van der Waals surface area contributed by atoms with Crippen molar-refractivity contribution in [2.75, 3.05) is 26.7 Å². The Balaban J connectivity index is 2.32. The van der Waals surface area contributed by atoms with Gasteiger partial charge in [-0.2, -0.15) is 4.31 Å². The molecule has 2 N–H and O–H groups in total. The summed E-state index contributed by atoms with van der Waals surface area (Å²) in [4.78, 5) is 0.347. The molecule has 1 aliphatic heterocycles. The molecule has 0 bridgehead atoms. The van der Waals surface area contributed by atoms with Gasteiger partial charge in [-0.1, -0.05) is 6.92 Å². The van der Waals surface area contributed by atoms with E-state index < -0.39 is 10.0 Å². The van der Waals surface area contributed by atoms with E-state index in [0.717, 1.165) is 6.42 Å². The molecule has 1 fully saturated rings. The number of hydrogen-bond donors (Lipinski definition) is 1. The van der Waals surface area contributed by atoms with Gasteiger partial charge >= 0.3 is 0 Å². The van der Waals surface area contributed by atoms with E-state index in [1.165, 1.54) is 4.31 Å². The predicted molar refractivity (Wildman–Crippen MR) is 78.3 cm³/mol. The number of aryl methyl sites for hydroxylation is 1. The second-order valence-corrected chi connectivity index (χ2v) is 7.64. The monoisotopic (exact) mass is 298 g/mol. The molecule has 112 valence electrons. The highest BCUT2D eigenvalue weighted by Crippen LogP contribution is 2.33. The Hall–Kier alpha value is -1.11. The van der Waals surface area contributed by atoms with Gasteiger partial charge in [0.1, 0.15) is 5.75 Å². The summed E-state index contributed by atoms with van der Waals surface area (Å²) in [6, 6.07) is 5.03. The summed E-state index contributed by atoms with van der Waals surface area (Å²) in [5, 5.41) is 0. The number of methoxy groups -OCH3 is 1. The molecule has 1 atom stereocenters. The Labute approximate surface area is 120 Å². The van der Waals surface area contributed by atoms with E-state index in [9.17, 15) is 8.42 Å². The molecule has 1 aromatic rings. The largest absolute Gasteiger partial charge is 0.497 e. The van der Waals surface area contributed by atoms with Crippen molar-refractivity contribution in [2.45, 2.75) is 25.2 Å². The molecule has 0 saturated carbocycles. The van der Waals surface area contributed by atoms with Crippen molar-refractivity contribution in [1.29, 1.82) is 0 Å². The van der Waals surface area contributed by atoms with Crippen molar-refractivity contribution < 1.29 is 13.2 Å². The molecule has 0 spiro atoms. The lowest BCUT2D eigenvalue weighted by Crippen LogP contribution is -2.34. The average molecular weight is 298 g/mol. The highest BCUT2D eigenvalue weighted by atomic mass is 32.2. The fraction of sp³-hybridized carbons (Fsp3) is 0.571. The molecule has 5 nitrogen and oxygen atoms in total. The lowest BCUT2D eigenvalue weighted by molar-refractivity contribution is 0.349. The SMILES string of the molecule is COc1ccc(S(=O)(=O)N2CCC(C)(CN)C2)c(C)c1. The maximum Gasteiger partial charge on any atom is 0.243 e. The van der Waals surface area contributed by atoms with Crippen LogP contribution in [0.2, 0.25) is 0 Å². The summed E-state index contributed by atoms with van der Waals surface area (Å²) >= 11 is 0. The molecule has 1 unspecified atom stereocenters. The standard InChI is InChI=1S/C14H22N2O3S/c1-11-8-12(19-3)4-5-13(11)20(17,18)16-7-6-14(2,9-15)10-16/h4-5,8H,6-7,9-10,15H2,1-3H3. The van der Waals surface area contributed by atoms with Crippen LogP contribution in [0.15, 0.2) is 23.1 Å². The predicted octanol–water partition coefficient (Wildman–Crippen LogP) is 1.36. The third kappa shape index (κ3) is 2.68. The topological polar surface area (TPSA) is 72.6 Å². The zero-order valence-electron chi connectivity index (χ0n) is 12.2. The summed E-state index contributed by atoms with van der Waals surface area (Å²) in [6.07, 6.45) is 0.804. The Kier molecular flexibility index (Phi) is 4.09.